The zero-order valence-electron chi connectivity index (χ0n) is 20.6. The van der Waals surface area contributed by atoms with Gasteiger partial charge in [-0.05, 0) is 86.8 Å². The van der Waals surface area contributed by atoms with Gasteiger partial charge in [0.2, 0.25) is 5.91 Å². The summed E-state index contributed by atoms with van der Waals surface area (Å²) in [7, 11) is 0. The Hall–Kier alpha value is -2.63. The molecular weight excluding hydrogens is 438 g/mol. The normalized spacial score (nSPS) is 26.2. The molecule has 2 atom stereocenters. The average molecular weight is 476 g/mol. The number of amides is 1. The van der Waals surface area contributed by atoms with Gasteiger partial charge in [-0.2, -0.15) is 5.10 Å². The van der Waals surface area contributed by atoms with Crippen LogP contribution in [0.25, 0.3) is 5.69 Å². The molecule has 2 aromatic rings. The topological polar surface area (TPSA) is 75.4 Å². The van der Waals surface area contributed by atoms with Crippen molar-refractivity contribution in [3.63, 3.8) is 0 Å². The molecule has 1 aromatic carbocycles. The molecule has 1 aliphatic heterocycles. The van der Waals surface area contributed by atoms with Crippen LogP contribution in [0.4, 0.5) is 0 Å². The van der Waals surface area contributed by atoms with E-state index in [9.17, 15) is 14.7 Å². The van der Waals surface area contributed by atoms with Crippen molar-refractivity contribution in [2.45, 2.75) is 88.9 Å². The van der Waals surface area contributed by atoms with E-state index in [1.807, 2.05) is 10.7 Å². The second-order valence-electron chi connectivity index (χ2n) is 11.7. The summed E-state index contributed by atoms with van der Waals surface area (Å²) in [5.74, 6) is 0.267. The van der Waals surface area contributed by atoms with Crippen molar-refractivity contribution in [3.8, 4) is 5.69 Å². The molecule has 35 heavy (non-hydrogen) atoms. The van der Waals surface area contributed by atoms with Crippen LogP contribution in [0.5, 0.6) is 0 Å². The summed E-state index contributed by atoms with van der Waals surface area (Å²) < 4.78 is 1.84. The van der Waals surface area contributed by atoms with Crippen LogP contribution in [0.1, 0.15) is 111 Å². The molecule has 6 nitrogen and oxygen atoms in total. The fourth-order valence-corrected chi connectivity index (χ4v) is 7.29. The van der Waals surface area contributed by atoms with Gasteiger partial charge in [0, 0.05) is 24.9 Å². The van der Waals surface area contributed by atoms with Gasteiger partial charge < -0.3 is 10.0 Å². The van der Waals surface area contributed by atoms with E-state index >= 15 is 0 Å². The number of carbonyl (C=O) groups is 2. The van der Waals surface area contributed by atoms with E-state index in [1.54, 1.807) is 0 Å². The van der Waals surface area contributed by atoms with Gasteiger partial charge in [0.25, 0.3) is 0 Å². The molecule has 1 saturated heterocycles. The zero-order valence-corrected chi connectivity index (χ0v) is 20.6. The SMILES string of the molecule is O=C(O)c1cnn(-c2cccc([C@@H]3CCC[C@H](C(=O)N4CCCC5(CCCC5)C4)C3)c2)c1C1CC1. The third kappa shape index (κ3) is 4.41. The highest BCUT2D eigenvalue weighted by Crippen LogP contribution is 2.46. The van der Waals surface area contributed by atoms with Crippen LogP contribution in [0.15, 0.2) is 30.5 Å². The molecule has 1 aromatic heterocycles. The van der Waals surface area contributed by atoms with Crippen LogP contribution in [-0.2, 0) is 4.79 Å². The molecule has 6 heteroatoms. The first-order chi connectivity index (χ1) is 17.0. The van der Waals surface area contributed by atoms with Gasteiger partial charge in [0.1, 0.15) is 5.56 Å². The van der Waals surface area contributed by atoms with E-state index < -0.39 is 5.97 Å². The maximum atomic E-state index is 13.6. The summed E-state index contributed by atoms with van der Waals surface area (Å²) in [4.78, 5) is 27.6. The van der Waals surface area contributed by atoms with E-state index in [4.69, 9.17) is 0 Å². The van der Waals surface area contributed by atoms with E-state index in [0.29, 0.717) is 22.8 Å². The molecule has 1 N–H and O–H groups in total. The predicted octanol–water partition coefficient (Wildman–Crippen LogP) is 5.90. The largest absolute Gasteiger partial charge is 0.478 e. The number of benzene rings is 1. The number of carboxylic acid groups (broad SMARTS) is 1. The molecule has 4 fully saturated rings. The first-order valence-corrected chi connectivity index (χ1v) is 13.7. The standard InChI is InChI=1S/C29H37N3O3/c33-27(31-15-5-14-29(19-31)12-1-2-13-29)23-8-3-6-21(16-23)22-7-4-9-24(17-22)32-26(20-10-11-20)25(18-30-32)28(34)35/h4,7,9,17-18,20-21,23H,1-3,5-6,8,10-16,19H2,(H,34,35)/t21-,23+/m1/s1. The van der Waals surface area contributed by atoms with Crippen molar-refractivity contribution in [3.05, 3.63) is 47.3 Å². The van der Waals surface area contributed by atoms with Crippen LogP contribution in [0, 0.1) is 11.3 Å². The van der Waals surface area contributed by atoms with Crippen molar-refractivity contribution in [2.75, 3.05) is 13.1 Å². The molecule has 2 heterocycles. The first-order valence-electron chi connectivity index (χ1n) is 13.7. The minimum absolute atomic E-state index is 0.124. The van der Waals surface area contributed by atoms with Gasteiger partial charge in [-0.25, -0.2) is 9.48 Å². The zero-order chi connectivity index (χ0) is 24.0. The van der Waals surface area contributed by atoms with Crippen molar-refractivity contribution in [2.24, 2.45) is 11.3 Å². The molecule has 0 bridgehead atoms. The van der Waals surface area contributed by atoms with Crippen molar-refractivity contribution < 1.29 is 14.7 Å². The highest BCUT2D eigenvalue weighted by Gasteiger charge is 2.41. The molecular formula is C29H37N3O3. The number of hydrogen-bond acceptors (Lipinski definition) is 3. The lowest BCUT2D eigenvalue weighted by Crippen LogP contribution is -2.47. The van der Waals surface area contributed by atoms with E-state index in [-0.39, 0.29) is 11.8 Å². The molecule has 186 valence electrons. The number of piperidine rings is 1. The lowest BCUT2D eigenvalue weighted by molar-refractivity contribution is -0.140. The Balaban J connectivity index is 1.19. The molecule has 6 rings (SSSR count). The van der Waals surface area contributed by atoms with Crippen LogP contribution in [0.2, 0.25) is 0 Å². The molecule has 1 spiro atoms. The summed E-state index contributed by atoms with van der Waals surface area (Å²) in [5, 5.41) is 14.1. The number of likely N-dealkylation sites (tertiary alicyclic amines) is 1. The Morgan fingerprint density at radius 3 is 2.54 bits per heavy atom. The second kappa shape index (κ2) is 9.11. The first kappa shape index (κ1) is 22.8. The number of rotatable bonds is 5. The monoisotopic (exact) mass is 475 g/mol. The summed E-state index contributed by atoms with van der Waals surface area (Å²) in [6.45, 7) is 1.92. The van der Waals surface area contributed by atoms with Crippen LogP contribution in [0.3, 0.4) is 0 Å². The number of aromatic carboxylic acids is 1. The van der Waals surface area contributed by atoms with Crippen LogP contribution in [-0.4, -0.2) is 44.8 Å². The van der Waals surface area contributed by atoms with Gasteiger partial charge in [-0.3, -0.25) is 4.79 Å². The van der Waals surface area contributed by atoms with Gasteiger partial charge in [0.15, 0.2) is 0 Å². The highest BCUT2D eigenvalue weighted by molar-refractivity contribution is 5.89. The summed E-state index contributed by atoms with van der Waals surface area (Å²) in [6.07, 6.45) is 15.4. The van der Waals surface area contributed by atoms with Crippen molar-refractivity contribution >= 4 is 11.9 Å². The smallest absolute Gasteiger partial charge is 0.339 e. The van der Waals surface area contributed by atoms with Gasteiger partial charge >= 0.3 is 5.97 Å². The number of hydrogen-bond donors (Lipinski definition) is 1. The lowest BCUT2D eigenvalue weighted by atomic mass is 9.75. The third-order valence-corrected chi connectivity index (χ3v) is 9.25. The van der Waals surface area contributed by atoms with Gasteiger partial charge in [-0.15, -0.1) is 0 Å². The molecule has 0 unspecified atom stereocenters. The lowest BCUT2D eigenvalue weighted by Gasteiger charge is -2.42. The Bertz CT molecular complexity index is 1110. The summed E-state index contributed by atoms with van der Waals surface area (Å²) in [6, 6.07) is 8.43. The number of carbonyl (C=O) groups excluding carboxylic acids is 1. The van der Waals surface area contributed by atoms with Crippen LogP contribution >= 0.6 is 0 Å². The average Bonchev–Trinajstić information content (AvgIpc) is 3.47. The van der Waals surface area contributed by atoms with Gasteiger partial charge in [-0.1, -0.05) is 31.4 Å². The molecule has 3 saturated carbocycles. The van der Waals surface area contributed by atoms with Crippen molar-refractivity contribution in [1.82, 2.24) is 14.7 Å². The van der Waals surface area contributed by atoms with E-state index in [2.05, 4.69) is 28.2 Å². The maximum Gasteiger partial charge on any atom is 0.339 e. The predicted molar refractivity (Wildman–Crippen MR) is 134 cm³/mol. The van der Waals surface area contributed by atoms with E-state index in [1.165, 1.54) is 43.9 Å². The number of carboxylic acids is 1. The summed E-state index contributed by atoms with van der Waals surface area (Å²) >= 11 is 0. The fourth-order valence-electron chi connectivity index (χ4n) is 7.29. The maximum absolute atomic E-state index is 13.6. The summed E-state index contributed by atoms with van der Waals surface area (Å²) in [5.41, 5.74) is 3.75. The molecule has 0 radical (unpaired) electrons. The Morgan fingerprint density at radius 2 is 1.77 bits per heavy atom. The van der Waals surface area contributed by atoms with Gasteiger partial charge in [0.05, 0.1) is 17.6 Å². The minimum atomic E-state index is -0.903. The minimum Gasteiger partial charge on any atom is -0.478 e. The quantitative estimate of drug-likeness (QED) is 0.584. The Morgan fingerprint density at radius 1 is 0.971 bits per heavy atom. The number of aromatic nitrogens is 2. The third-order valence-electron chi connectivity index (χ3n) is 9.25. The van der Waals surface area contributed by atoms with Crippen LogP contribution < -0.4 is 0 Å². The van der Waals surface area contributed by atoms with E-state index in [0.717, 1.165) is 69.4 Å². The Labute approximate surface area is 207 Å². The molecule has 1 amide bonds. The Kier molecular flexibility index (Phi) is 5.93. The number of nitrogens with zero attached hydrogens (tertiary/aromatic N) is 3. The van der Waals surface area contributed by atoms with Crippen molar-refractivity contribution in [1.29, 1.82) is 0 Å². The second-order valence-corrected chi connectivity index (χ2v) is 11.7. The fraction of sp³-hybridized carbons (Fsp3) is 0.621. The molecule has 4 aliphatic rings. The molecule has 3 aliphatic carbocycles. The highest BCUT2D eigenvalue weighted by atomic mass is 16.4.